The Kier molecular flexibility index (Phi) is 7.94. The lowest BCUT2D eigenvalue weighted by molar-refractivity contribution is -0.386. The lowest BCUT2D eigenvalue weighted by atomic mass is 10.0. The quantitative estimate of drug-likeness (QED) is 0.426. The van der Waals surface area contributed by atoms with Gasteiger partial charge in [0.15, 0.2) is 5.75 Å². The van der Waals surface area contributed by atoms with Crippen molar-refractivity contribution in [1.29, 1.82) is 0 Å². The number of likely N-dealkylation sites (tertiary alicyclic amines) is 1. The summed E-state index contributed by atoms with van der Waals surface area (Å²) in [5.74, 6) is 0.195. The normalized spacial score (nSPS) is 14.4. The number of carbonyl (C=O) groups excluding carboxylic acids is 1. The number of amides is 1. The molecular weight excluding hydrogens is 430 g/mol. The first-order valence-corrected chi connectivity index (χ1v) is 10.6. The van der Waals surface area contributed by atoms with Crippen LogP contribution in [0.15, 0.2) is 30.3 Å². The molecule has 1 heterocycles. The van der Waals surface area contributed by atoms with E-state index in [0.717, 1.165) is 37.2 Å². The van der Waals surface area contributed by atoms with Crippen molar-refractivity contribution in [2.24, 2.45) is 0 Å². The second-order valence-electron chi connectivity index (χ2n) is 7.54. The molecule has 10 heteroatoms. The molecule has 0 aromatic heterocycles. The van der Waals surface area contributed by atoms with Crippen LogP contribution in [0.2, 0.25) is 0 Å². The van der Waals surface area contributed by atoms with Gasteiger partial charge < -0.3 is 24.3 Å². The van der Waals surface area contributed by atoms with Crippen molar-refractivity contribution in [1.82, 2.24) is 10.2 Å². The summed E-state index contributed by atoms with van der Waals surface area (Å²) in [6.07, 6.45) is 2.16. The molecule has 33 heavy (non-hydrogen) atoms. The lowest BCUT2D eigenvalue weighted by Crippen LogP contribution is -2.37. The Balaban J connectivity index is 1.91. The number of hydrogen-bond donors (Lipinski definition) is 1. The summed E-state index contributed by atoms with van der Waals surface area (Å²) in [6, 6.07) is 8.91. The van der Waals surface area contributed by atoms with E-state index in [1.54, 1.807) is 7.11 Å². The smallest absolute Gasteiger partial charge is 0.327 e. The Bertz CT molecular complexity index is 989. The van der Waals surface area contributed by atoms with Crippen LogP contribution >= 0.6 is 0 Å². The van der Waals surface area contributed by atoms with Crippen LogP contribution in [0.4, 0.5) is 5.69 Å². The fraction of sp³-hybridized carbons (Fsp3) is 0.435. The second-order valence-corrected chi connectivity index (χ2v) is 7.54. The summed E-state index contributed by atoms with van der Waals surface area (Å²) in [6.45, 7) is 2.10. The molecule has 2 aromatic carbocycles. The number of hydrogen-bond acceptors (Lipinski definition) is 8. The molecule has 1 fully saturated rings. The van der Waals surface area contributed by atoms with Crippen molar-refractivity contribution in [2.75, 3.05) is 48.1 Å². The molecule has 1 atom stereocenters. The predicted molar refractivity (Wildman–Crippen MR) is 122 cm³/mol. The highest BCUT2D eigenvalue weighted by atomic mass is 16.6. The molecule has 0 bridgehead atoms. The Morgan fingerprint density at radius 2 is 1.67 bits per heavy atom. The van der Waals surface area contributed by atoms with Crippen LogP contribution in [0, 0.1) is 10.1 Å². The molecule has 1 saturated heterocycles. The average molecular weight is 459 g/mol. The van der Waals surface area contributed by atoms with Gasteiger partial charge in [-0.2, -0.15) is 0 Å². The Labute approximate surface area is 192 Å². The molecule has 0 spiro atoms. The van der Waals surface area contributed by atoms with Gasteiger partial charge in [0.1, 0.15) is 11.3 Å². The van der Waals surface area contributed by atoms with Gasteiger partial charge in [0, 0.05) is 12.6 Å². The molecule has 0 radical (unpaired) electrons. The van der Waals surface area contributed by atoms with Gasteiger partial charge in [0.05, 0.1) is 39.4 Å². The van der Waals surface area contributed by atoms with Gasteiger partial charge in [-0.15, -0.1) is 0 Å². The van der Waals surface area contributed by atoms with Crippen LogP contribution in [-0.2, 0) is 0 Å². The van der Waals surface area contributed by atoms with E-state index in [-0.39, 0.29) is 35.4 Å². The SMILES string of the molecule is COc1ccc(C(CNC(=O)c2cc(OC)c(OC)c(OC)c2[N+](=O)[O-])N2CCCC2)cc1. The van der Waals surface area contributed by atoms with Crippen molar-refractivity contribution in [3.8, 4) is 23.0 Å². The summed E-state index contributed by atoms with van der Waals surface area (Å²) < 4.78 is 21.0. The van der Waals surface area contributed by atoms with Gasteiger partial charge in [-0.1, -0.05) is 12.1 Å². The van der Waals surface area contributed by atoms with Crippen molar-refractivity contribution in [2.45, 2.75) is 18.9 Å². The molecule has 0 saturated carbocycles. The van der Waals surface area contributed by atoms with Crippen molar-refractivity contribution in [3.05, 3.63) is 51.6 Å². The van der Waals surface area contributed by atoms with Crippen molar-refractivity contribution < 1.29 is 28.7 Å². The molecule has 2 aromatic rings. The van der Waals surface area contributed by atoms with E-state index in [9.17, 15) is 14.9 Å². The molecule has 10 nitrogen and oxygen atoms in total. The number of nitro benzene ring substituents is 1. The van der Waals surface area contributed by atoms with Crippen LogP contribution in [0.25, 0.3) is 0 Å². The molecule has 1 N–H and O–H groups in total. The van der Waals surface area contributed by atoms with Crippen LogP contribution in [0.1, 0.15) is 34.8 Å². The summed E-state index contributed by atoms with van der Waals surface area (Å²) in [7, 11) is 5.62. The molecule has 1 aliphatic rings. The largest absolute Gasteiger partial charge is 0.497 e. The van der Waals surface area contributed by atoms with Crippen molar-refractivity contribution >= 4 is 11.6 Å². The van der Waals surface area contributed by atoms with E-state index in [4.69, 9.17) is 18.9 Å². The predicted octanol–water partition coefficient (Wildman–Crippen LogP) is 3.20. The highest BCUT2D eigenvalue weighted by Crippen LogP contribution is 2.46. The first kappa shape index (κ1) is 24.1. The van der Waals surface area contributed by atoms with Gasteiger partial charge in [-0.3, -0.25) is 19.8 Å². The zero-order valence-corrected chi connectivity index (χ0v) is 19.3. The number of carbonyl (C=O) groups is 1. The van der Waals surface area contributed by atoms with Gasteiger partial charge in [-0.05, 0) is 43.6 Å². The van der Waals surface area contributed by atoms with E-state index in [1.807, 2.05) is 24.3 Å². The minimum Gasteiger partial charge on any atom is -0.497 e. The molecule has 0 aliphatic carbocycles. The maximum atomic E-state index is 13.2. The average Bonchev–Trinajstić information content (AvgIpc) is 3.37. The standard InChI is InChI=1S/C23H29N3O7/c1-30-16-9-7-15(8-10-16)18(25-11-5-6-12-25)14-24-23(27)17-13-19(31-2)21(32-3)22(33-4)20(17)26(28)29/h7-10,13,18H,5-6,11-12,14H2,1-4H3,(H,24,27). The molecule has 1 aliphatic heterocycles. The van der Waals surface area contributed by atoms with Crippen molar-refractivity contribution in [3.63, 3.8) is 0 Å². The van der Waals surface area contributed by atoms with Crippen LogP contribution in [-0.4, -0.2) is 63.8 Å². The Hall–Kier alpha value is -3.53. The van der Waals surface area contributed by atoms with Gasteiger partial charge in [-0.25, -0.2) is 0 Å². The molecule has 1 amide bonds. The monoisotopic (exact) mass is 459 g/mol. The minimum absolute atomic E-state index is 0.0522. The van der Waals surface area contributed by atoms with Crippen LogP contribution in [0.5, 0.6) is 23.0 Å². The molecule has 178 valence electrons. The van der Waals surface area contributed by atoms with Crippen LogP contribution < -0.4 is 24.3 Å². The Morgan fingerprint density at radius 1 is 1.03 bits per heavy atom. The fourth-order valence-electron chi connectivity index (χ4n) is 4.12. The number of nitro groups is 1. The number of rotatable bonds is 10. The maximum absolute atomic E-state index is 13.2. The maximum Gasteiger partial charge on any atom is 0.327 e. The van der Waals surface area contributed by atoms with E-state index in [2.05, 4.69) is 10.2 Å². The van der Waals surface area contributed by atoms with Gasteiger partial charge >= 0.3 is 5.69 Å². The third kappa shape index (κ3) is 5.11. The number of ether oxygens (including phenoxy) is 4. The number of methoxy groups -OCH3 is 4. The first-order valence-electron chi connectivity index (χ1n) is 10.6. The second kappa shape index (κ2) is 10.9. The lowest BCUT2D eigenvalue weighted by Gasteiger charge is -2.28. The number of nitrogens with one attached hydrogen (secondary N) is 1. The first-order chi connectivity index (χ1) is 15.9. The van der Waals surface area contributed by atoms with Crippen LogP contribution in [0.3, 0.4) is 0 Å². The Morgan fingerprint density at radius 3 is 2.18 bits per heavy atom. The zero-order valence-electron chi connectivity index (χ0n) is 19.3. The van der Waals surface area contributed by atoms with Gasteiger partial charge in [0.2, 0.25) is 11.5 Å². The van der Waals surface area contributed by atoms with E-state index in [0.29, 0.717) is 0 Å². The summed E-state index contributed by atoms with van der Waals surface area (Å²) in [5.41, 5.74) is 0.386. The number of nitrogens with zero attached hydrogens (tertiary/aromatic N) is 2. The fourth-order valence-corrected chi connectivity index (χ4v) is 4.12. The van der Waals surface area contributed by atoms with E-state index in [1.165, 1.54) is 27.4 Å². The zero-order chi connectivity index (χ0) is 24.0. The third-order valence-electron chi connectivity index (χ3n) is 5.77. The third-order valence-corrected chi connectivity index (χ3v) is 5.77. The molecular formula is C23H29N3O7. The summed E-state index contributed by atoms with van der Waals surface area (Å²) in [5, 5.41) is 14.7. The summed E-state index contributed by atoms with van der Waals surface area (Å²) in [4.78, 5) is 26.6. The summed E-state index contributed by atoms with van der Waals surface area (Å²) >= 11 is 0. The van der Waals surface area contributed by atoms with E-state index < -0.39 is 16.5 Å². The minimum atomic E-state index is -0.656. The highest BCUT2D eigenvalue weighted by molar-refractivity contribution is 6.00. The topological polar surface area (TPSA) is 112 Å². The van der Waals surface area contributed by atoms with E-state index >= 15 is 0 Å². The highest BCUT2D eigenvalue weighted by Gasteiger charge is 2.33. The molecule has 3 rings (SSSR count). The number of benzene rings is 2. The molecule has 1 unspecified atom stereocenters. The van der Waals surface area contributed by atoms with Gasteiger partial charge in [0.25, 0.3) is 5.91 Å².